The van der Waals surface area contributed by atoms with Crippen molar-refractivity contribution in [3.63, 3.8) is 0 Å². The molecule has 2 aromatic rings. The number of hydrogen-bond donors (Lipinski definition) is 0. The van der Waals surface area contributed by atoms with Crippen LogP contribution in [0.25, 0.3) is 11.1 Å². The Bertz CT molecular complexity index is 1190. The van der Waals surface area contributed by atoms with Crippen molar-refractivity contribution in [2.24, 2.45) is 11.8 Å². The van der Waals surface area contributed by atoms with E-state index in [1.54, 1.807) is 24.8 Å². The standard InChI is InChI=1S/C32H41NO7/c1-6-37-29(34)26-16-14-22(21-11-9-8-10-12-21)19-28(26)39-25-15-13-23-20-33(31(36)40-32(3,4)5)27(18-24(23)17-25)30(35)38-7-2/h8-12,14,16,19,23-25,27H,6-7,13,15,17-18,20H2,1-5H3/t23-,24-,25-,27-/m0/s1. The number of benzene rings is 2. The quantitative estimate of drug-likeness (QED) is 0.296. The van der Waals surface area contributed by atoms with Crippen molar-refractivity contribution in [1.29, 1.82) is 0 Å². The summed E-state index contributed by atoms with van der Waals surface area (Å²) in [6.45, 7) is 9.94. The highest BCUT2D eigenvalue weighted by Crippen LogP contribution is 2.41. The van der Waals surface area contributed by atoms with Crippen molar-refractivity contribution in [3.05, 3.63) is 54.1 Å². The molecule has 2 aliphatic rings. The summed E-state index contributed by atoms with van der Waals surface area (Å²) in [5.74, 6) is 0.0543. The molecule has 0 aromatic heterocycles. The molecule has 8 nitrogen and oxygen atoms in total. The third-order valence-electron chi connectivity index (χ3n) is 7.49. The highest BCUT2D eigenvalue weighted by atomic mass is 16.6. The van der Waals surface area contributed by atoms with Gasteiger partial charge in [-0.2, -0.15) is 0 Å². The third-order valence-corrected chi connectivity index (χ3v) is 7.49. The molecular formula is C32H41NO7. The van der Waals surface area contributed by atoms with Crippen LogP contribution >= 0.6 is 0 Å². The Morgan fingerprint density at radius 1 is 0.875 bits per heavy atom. The van der Waals surface area contributed by atoms with E-state index in [0.717, 1.165) is 24.0 Å². The molecule has 1 aliphatic heterocycles. The fourth-order valence-electron chi connectivity index (χ4n) is 5.68. The molecule has 1 saturated heterocycles. The highest BCUT2D eigenvalue weighted by molar-refractivity contribution is 5.93. The molecule has 216 valence electrons. The average molecular weight is 552 g/mol. The van der Waals surface area contributed by atoms with Crippen LogP contribution in [0.15, 0.2) is 48.5 Å². The molecule has 0 unspecified atom stereocenters. The van der Waals surface area contributed by atoms with Crippen LogP contribution < -0.4 is 4.74 Å². The number of ether oxygens (including phenoxy) is 4. The fourth-order valence-corrected chi connectivity index (χ4v) is 5.68. The maximum Gasteiger partial charge on any atom is 0.411 e. The Hall–Kier alpha value is -3.55. The number of likely N-dealkylation sites (tertiary alicyclic amines) is 1. The highest BCUT2D eigenvalue weighted by Gasteiger charge is 2.46. The molecule has 40 heavy (non-hydrogen) atoms. The molecule has 1 amide bonds. The molecule has 1 aliphatic carbocycles. The lowest BCUT2D eigenvalue weighted by Crippen LogP contribution is -2.56. The summed E-state index contributed by atoms with van der Waals surface area (Å²) in [7, 11) is 0. The Morgan fingerprint density at radius 3 is 2.27 bits per heavy atom. The first-order chi connectivity index (χ1) is 19.1. The molecule has 4 rings (SSSR count). The van der Waals surface area contributed by atoms with Gasteiger partial charge in [0.1, 0.15) is 23.0 Å². The first-order valence-electron chi connectivity index (χ1n) is 14.3. The lowest BCUT2D eigenvalue weighted by atomic mass is 9.72. The second-order valence-electron chi connectivity index (χ2n) is 11.5. The van der Waals surface area contributed by atoms with Gasteiger partial charge in [0.2, 0.25) is 0 Å². The van der Waals surface area contributed by atoms with Crippen LogP contribution in [0.3, 0.4) is 0 Å². The van der Waals surface area contributed by atoms with E-state index >= 15 is 0 Å². The van der Waals surface area contributed by atoms with Gasteiger partial charge in [-0.1, -0.05) is 36.4 Å². The maximum atomic E-state index is 13.0. The molecule has 0 spiro atoms. The van der Waals surface area contributed by atoms with Gasteiger partial charge in [-0.3, -0.25) is 4.90 Å². The second kappa shape index (κ2) is 12.7. The fraction of sp³-hybridized carbons (Fsp3) is 0.531. The monoisotopic (exact) mass is 551 g/mol. The number of piperidine rings is 1. The predicted octanol–water partition coefficient (Wildman–Crippen LogP) is 6.27. The number of rotatable bonds is 7. The van der Waals surface area contributed by atoms with Gasteiger partial charge in [0.05, 0.1) is 19.3 Å². The first kappa shape index (κ1) is 29.4. The van der Waals surface area contributed by atoms with Crippen LogP contribution in [0.1, 0.15) is 70.7 Å². The number of carbonyl (C=O) groups is 3. The van der Waals surface area contributed by atoms with E-state index in [4.69, 9.17) is 18.9 Å². The molecule has 0 N–H and O–H groups in total. The summed E-state index contributed by atoms with van der Waals surface area (Å²) >= 11 is 0. The lowest BCUT2D eigenvalue weighted by Gasteiger charge is -2.46. The zero-order valence-corrected chi connectivity index (χ0v) is 24.2. The zero-order chi connectivity index (χ0) is 28.9. The SMILES string of the molecule is CCOC(=O)c1ccc(-c2ccccc2)cc1O[C@H]1CC[C@H]2CN(C(=O)OC(C)(C)C)[C@H](C(=O)OCC)C[C@@H]2C1. The zero-order valence-electron chi connectivity index (χ0n) is 24.2. The van der Waals surface area contributed by atoms with Gasteiger partial charge in [-0.05, 0) is 95.4 Å². The first-order valence-corrected chi connectivity index (χ1v) is 14.3. The van der Waals surface area contributed by atoms with E-state index in [1.165, 1.54) is 0 Å². The summed E-state index contributed by atoms with van der Waals surface area (Å²) in [6.07, 6.45) is 2.16. The number of esters is 2. The Balaban J connectivity index is 1.54. The topological polar surface area (TPSA) is 91.4 Å². The molecule has 4 atom stereocenters. The number of fused-ring (bicyclic) bond motifs is 1. The van der Waals surface area contributed by atoms with E-state index in [0.29, 0.717) is 30.7 Å². The smallest absolute Gasteiger partial charge is 0.411 e. The van der Waals surface area contributed by atoms with Gasteiger partial charge in [-0.25, -0.2) is 14.4 Å². The normalized spacial score (nSPS) is 22.6. The van der Waals surface area contributed by atoms with E-state index in [9.17, 15) is 14.4 Å². The molecule has 1 heterocycles. The van der Waals surface area contributed by atoms with Crippen LogP contribution in [0, 0.1) is 11.8 Å². The number of nitrogens with zero attached hydrogens (tertiary/aromatic N) is 1. The molecule has 0 radical (unpaired) electrons. The minimum atomic E-state index is -0.702. The summed E-state index contributed by atoms with van der Waals surface area (Å²) < 4.78 is 22.8. The maximum absolute atomic E-state index is 13.0. The molecule has 2 fully saturated rings. The average Bonchev–Trinajstić information content (AvgIpc) is 2.92. The molecule has 8 heteroatoms. The minimum absolute atomic E-state index is 0.142. The van der Waals surface area contributed by atoms with Gasteiger partial charge in [0.25, 0.3) is 0 Å². The van der Waals surface area contributed by atoms with Crippen LogP contribution in [-0.4, -0.2) is 60.4 Å². The minimum Gasteiger partial charge on any atom is -0.489 e. The van der Waals surface area contributed by atoms with Crippen molar-refractivity contribution < 1.29 is 33.3 Å². The van der Waals surface area contributed by atoms with E-state index in [-0.39, 0.29) is 31.2 Å². The summed E-state index contributed by atoms with van der Waals surface area (Å²) in [5, 5.41) is 0. The number of carbonyl (C=O) groups excluding carboxylic acids is 3. The van der Waals surface area contributed by atoms with Gasteiger partial charge in [0, 0.05) is 6.54 Å². The molecular weight excluding hydrogens is 510 g/mol. The Labute approximate surface area is 236 Å². The van der Waals surface area contributed by atoms with Gasteiger partial charge in [0.15, 0.2) is 0 Å². The Morgan fingerprint density at radius 2 is 1.60 bits per heavy atom. The van der Waals surface area contributed by atoms with Crippen molar-refractivity contribution in [3.8, 4) is 16.9 Å². The van der Waals surface area contributed by atoms with Crippen molar-refractivity contribution >= 4 is 18.0 Å². The van der Waals surface area contributed by atoms with Gasteiger partial charge >= 0.3 is 18.0 Å². The largest absolute Gasteiger partial charge is 0.489 e. The second-order valence-corrected chi connectivity index (χ2v) is 11.5. The van der Waals surface area contributed by atoms with E-state index in [1.807, 2.05) is 63.2 Å². The van der Waals surface area contributed by atoms with Crippen LogP contribution in [0.5, 0.6) is 5.75 Å². The molecule has 1 saturated carbocycles. The molecule has 2 aromatic carbocycles. The number of amides is 1. The van der Waals surface area contributed by atoms with Crippen molar-refractivity contribution in [2.75, 3.05) is 19.8 Å². The summed E-state index contributed by atoms with van der Waals surface area (Å²) in [4.78, 5) is 40.3. The lowest BCUT2D eigenvalue weighted by molar-refractivity contribution is -0.153. The van der Waals surface area contributed by atoms with E-state index in [2.05, 4.69) is 0 Å². The van der Waals surface area contributed by atoms with Gasteiger partial charge < -0.3 is 18.9 Å². The third kappa shape index (κ3) is 7.14. The van der Waals surface area contributed by atoms with Crippen LogP contribution in [-0.2, 0) is 19.0 Å². The summed E-state index contributed by atoms with van der Waals surface area (Å²) in [5.41, 5.74) is 1.71. The number of hydrogen-bond acceptors (Lipinski definition) is 7. The van der Waals surface area contributed by atoms with Crippen LogP contribution in [0.4, 0.5) is 4.79 Å². The Kier molecular flexibility index (Phi) is 9.38. The predicted molar refractivity (Wildman–Crippen MR) is 151 cm³/mol. The van der Waals surface area contributed by atoms with E-state index < -0.39 is 29.7 Å². The van der Waals surface area contributed by atoms with Crippen LogP contribution in [0.2, 0.25) is 0 Å². The summed E-state index contributed by atoms with van der Waals surface area (Å²) in [6, 6.07) is 14.8. The molecule has 0 bridgehead atoms. The van der Waals surface area contributed by atoms with Crippen molar-refractivity contribution in [1.82, 2.24) is 4.90 Å². The van der Waals surface area contributed by atoms with Gasteiger partial charge in [-0.15, -0.1) is 0 Å². The van der Waals surface area contributed by atoms with Crippen molar-refractivity contribution in [2.45, 2.75) is 78.0 Å².